The Kier molecular flexibility index (Phi) is 10.8. The van der Waals surface area contributed by atoms with E-state index in [1.165, 1.54) is 32.1 Å². The zero-order chi connectivity index (χ0) is 20.7. The number of methoxy groups -OCH3 is 1. The third-order valence-corrected chi connectivity index (χ3v) is 7.34. The predicted octanol–water partition coefficient (Wildman–Crippen LogP) is 3.51. The van der Waals surface area contributed by atoms with Crippen LogP contribution < -0.4 is 5.32 Å². The molecule has 1 aromatic heterocycles. The molecule has 1 aliphatic heterocycles. The summed E-state index contributed by atoms with van der Waals surface area (Å²) in [6.45, 7) is 7.47. The van der Waals surface area contributed by atoms with Gasteiger partial charge in [-0.1, -0.05) is 19.3 Å². The van der Waals surface area contributed by atoms with Gasteiger partial charge in [0.2, 0.25) is 0 Å². The summed E-state index contributed by atoms with van der Waals surface area (Å²) in [4.78, 5) is 14.1. The monoisotopic (exact) mass is 551 g/mol. The Balaban J connectivity index is 0.00000320. The van der Waals surface area contributed by atoms with E-state index in [-0.39, 0.29) is 35.6 Å². The van der Waals surface area contributed by atoms with Crippen molar-refractivity contribution >= 4 is 41.3 Å². The van der Waals surface area contributed by atoms with Gasteiger partial charge in [-0.25, -0.2) is 4.98 Å². The third kappa shape index (κ3) is 6.51. The summed E-state index contributed by atoms with van der Waals surface area (Å²) in [6.07, 6.45) is 6.53. The van der Waals surface area contributed by atoms with Crippen molar-refractivity contribution in [2.75, 3.05) is 54.1 Å². The second-order valence-corrected chi connectivity index (χ2v) is 9.09. The van der Waals surface area contributed by atoms with Crippen LogP contribution in [0.15, 0.2) is 10.4 Å². The Morgan fingerprint density at radius 2 is 2.07 bits per heavy atom. The van der Waals surface area contributed by atoms with Gasteiger partial charge >= 0.3 is 0 Å². The summed E-state index contributed by atoms with van der Waals surface area (Å²) < 4.78 is 11.0. The number of morpholine rings is 1. The highest BCUT2D eigenvalue weighted by Crippen LogP contribution is 2.34. The lowest BCUT2D eigenvalue weighted by Gasteiger charge is -2.48. The van der Waals surface area contributed by atoms with Crippen molar-refractivity contribution in [1.82, 2.24) is 20.1 Å². The number of rotatable bonds is 7. The van der Waals surface area contributed by atoms with Gasteiger partial charge in [0.15, 0.2) is 5.96 Å². The molecule has 30 heavy (non-hydrogen) atoms. The third-order valence-electron chi connectivity index (χ3n) is 6.29. The first-order chi connectivity index (χ1) is 14.1. The summed E-state index contributed by atoms with van der Waals surface area (Å²) >= 11 is 1.66. The van der Waals surface area contributed by atoms with Gasteiger partial charge in [0.1, 0.15) is 11.1 Å². The maximum Gasteiger partial charge on any atom is 0.193 e. The Hall–Kier alpha value is -0.490. The quantitative estimate of drug-likeness (QED) is 0.318. The molecule has 2 fully saturated rings. The van der Waals surface area contributed by atoms with Crippen LogP contribution in [-0.2, 0) is 16.0 Å². The average Bonchev–Trinajstić information content (AvgIpc) is 3.23. The molecule has 0 amide bonds. The lowest BCUT2D eigenvalue weighted by atomic mass is 9.80. The minimum atomic E-state index is 0. The molecule has 2 aliphatic rings. The standard InChI is InChI=1S/C21H37N5O2S.HI/c1-17(27-4)19-24-18(15-29-19)14-25(3)20(22-2)23-16-21(8-6-5-7-9-21)26-10-12-28-13-11-26;/h15,17H,5-14,16H2,1-4H3,(H,22,23);1H. The molecule has 7 nitrogen and oxygen atoms in total. The number of nitrogens with zero attached hydrogens (tertiary/aromatic N) is 4. The fourth-order valence-electron chi connectivity index (χ4n) is 4.48. The van der Waals surface area contributed by atoms with Crippen LogP contribution in [-0.4, -0.2) is 80.3 Å². The number of thiazole rings is 1. The lowest BCUT2D eigenvalue weighted by molar-refractivity contribution is -0.0354. The molecule has 1 atom stereocenters. The van der Waals surface area contributed by atoms with Gasteiger partial charge < -0.3 is 19.7 Å². The first-order valence-corrected chi connectivity index (χ1v) is 11.7. The molecule has 2 heterocycles. The van der Waals surface area contributed by atoms with E-state index in [2.05, 4.69) is 32.5 Å². The minimum Gasteiger partial charge on any atom is -0.379 e. The van der Waals surface area contributed by atoms with E-state index >= 15 is 0 Å². The molecule has 0 radical (unpaired) electrons. The average molecular weight is 552 g/mol. The zero-order valence-corrected chi connectivity index (χ0v) is 22.0. The predicted molar refractivity (Wildman–Crippen MR) is 134 cm³/mol. The summed E-state index contributed by atoms with van der Waals surface area (Å²) in [6, 6.07) is 0. The lowest BCUT2D eigenvalue weighted by Crippen LogP contribution is -2.60. The second kappa shape index (κ2) is 12.5. The van der Waals surface area contributed by atoms with E-state index in [4.69, 9.17) is 14.5 Å². The van der Waals surface area contributed by atoms with Gasteiger partial charge in [-0.2, -0.15) is 0 Å². The van der Waals surface area contributed by atoms with Crippen molar-refractivity contribution in [2.45, 2.75) is 57.2 Å². The van der Waals surface area contributed by atoms with E-state index in [1.807, 2.05) is 14.0 Å². The summed E-state index contributed by atoms with van der Waals surface area (Å²) in [5.41, 5.74) is 1.28. The van der Waals surface area contributed by atoms with Crippen LogP contribution in [0.5, 0.6) is 0 Å². The van der Waals surface area contributed by atoms with Crippen molar-refractivity contribution < 1.29 is 9.47 Å². The number of halogens is 1. The first-order valence-electron chi connectivity index (χ1n) is 10.8. The van der Waals surface area contributed by atoms with Crippen LogP contribution >= 0.6 is 35.3 Å². The van der Waals surface area contributed by atoms with E-state index in [0.29, 0.717) is 0 Å². The zero-order valence-electron chi connectivity index (χ0n) is 18.9. The van der Waals surface area contributed by atoms with Crippen LogP contribution in [0.3, 0.4) is 0 Å². The summed E-state index contributed by atoms with van der Waals surface area (Å²) in [7, 11) is 5.66. The van der Waals surface area contributed by atoms with Gasteiger partial charge in [0, 0.05) is 51.8 Å². The van der Waals surface area contributed by atoms with E-state index in [1.54, 1.807) is 18.4 Å². The SMILES string of the molecule is CN=C(NCC1(N2CCOCC2)CCCCC1)N(C)Cc1csc(C(C)OC)n1.I. The number of aromatic nitrogens is 1. The first kappa shape index (κ1) is 25.8. The van der Waals surface area contributed by atoms with Crippen molar-refractivity contribution in [1.29, 1.82) is 0 Å². The highest BCUT2D eigenvalue weighted by Gasteiger charge is 2.38. The molecule has 1 saturated heterocycles. The molecular formula is C21H38IN5O2S. The van der Waals surface area contributed by atoms with Crippen molar-refractivity contribution in [3.63, 3.8) is 0 Å². The number of hydrogen-bond donors (Lipinski definition) is 1. The largest absolute Gasteiger partial charge is 0.379 e. The maximum absolute atomic E-state index is 5.60. The number of guanidine groups is 1. The van der Waals surface area contributed by atoms with Crippen LogP contribution in [0, 0.1) is 0 Å². The normalized spacial score (nSPS) is 21.0. The van der Waals surface area contributed by atoms with Crippen LogP contribution in [0.25, 0.3) is 0 Å². The van der Waals surface area contributed by atoms with Crippen LogP contribution in [0.2, 0.25) is 0 Å². The second-order valence-electron chi connectivity index (χ2n) is 8.20. The van der Waals surface area contributed by atoms with Gasteiger partial charge in [-0.05, 0) is 19.8 Å². The van der Waals surface area contributed by atoms with Gasteiger partial charge in [0.25, 0.3) is 0 Å². The van der Waals surface area contributed by atoms with Gasteiger partial charge in [-0.3, -0.25) is 9.89 Å². The summed E-state index contributed by atoms with van der Waals surface area (Å²) in [5.74, 6) is 0.928. The fraction of sp³-hybridized carbons (Fsp3) is 0.810. The molecule has 1 N–H and O–H groups in total. The van der Waals surface area contributed by atoms with Crippen LogP contribution in [0.1, 0.15) is 55.8 Å². The Morgan fingerprint density at radius 3 is 2.70 bits per heavy atom. The Morgan fingerprint density at radius 1 is 1.37 bits per heavy atom. The molecule has 0 bridgehead atoms. The molecule has 1 aromatic rings. The minimum absolute atomic E-state index is 0. The number of aliphatic imine (C=N–C) groups is 1. The fourth-order valence-corrected chi connectivity index (χ4v) is 5.32. The van der Waals surface area contributed by atoms with Crippen molar-refractivity contribution in [3.05, 3.63) is 16.1 Å². The van der Waals surface area contributed by atoms with Gasteiger partial charge in [-0.15, -0.1) is 35.3 Å². The highest BCUT2D eigenvalue weighted by atomic mass is 127. The molecule has 9 heteroatoms. The molecule has 0 spiro atoms. The van der Waals surface area contributed by atoms with E-state index in [9.17, 15) is 0 Å². The summed E-state index contributed by atoms with van der Waals surface area (Å²) in [5, 5.41) is 6.82. The van der Waals surface area contributed by atoms with Gasteiger partial charge in [0.05, 0.1) is 25.5 Å². The molecular weight excluding hydrogens is 513 g/mol. The Labute approximate surface area is 202 Å². The molecule has 1 aliphatic carbocycles. The highest BCUT2D eigenvalue weighted by molar-refractivity contribution is 14.0. The Bertz CT molecular complexity index is 660. The molecule has 3 rings (SSSR count). The maximum atomic E-state index is 5.60. The number of ether oxygens (including phenoxy) is 2. The molecule has 1 unspecified atom stereocenters. The van der Waals surface area contributed by atoms with Crippen molar-refractivity contribution in [2.24, 2.45) is 4.99 Å². The molecule has 0 aromatic carbocycles. The van der Waals surface area contributed by atoms with E-state index < -0.39 is 0 Å². The number of nitrogens with one attached hydrogen (secondary N) is 1. The van der Waals surface area contributed by atoms with Crippen molar-refractivity contribution in [3.8, 4) is 0 Å². The smallest absolute Gasteiger partial charge is 0.193 e. The topological polar surface area (TPSA) is 62.2 Å². The number of hydrogen-bond acceptors (Lipinski definition) is 6. The molecule has 172 valence electrons. The van der Waals surface area contributed by atoms with E-state index in [0.717, 1.165) is 56.1 Å². The molecule has 1 saturated carbocycles. The van der Waals surface area contributed by atoms with Crippen LogP contribution in [0.4, 0.5) is 0 Å².